The number of anilines is 1. The number of benzene rings is 1. The molecule has 0 radical (unpaired) electrons. The van der Waals surface area contributed by atoms with Gasteiger partial charge in [0.15, 0.2) is 0 Å². The van der Waals surface area contributed by atoms with E-state index in [9.17, 15) is 0 Å². The lowest BCUT2D eigenvalue weighted by atomic mass is 10.2. The van der Waals surface area contributed by atoms with Crippen molar-refractivity contribution < 1.29 is 5.11 Å². The van der Waals surface area contributed by atoms with E-state index in [1.807, 2.05) is 13.0 Å². The zero-order valence-electron chi connectivity index (χ0n) is 8.50. The average molecular weight is 225 g/mol. The summed E-state index contributed by atoms with van der Waals surface area (Å²) >= 11 is 5.96. The van der Waals surface area contributed by atoms with Crippen molar-refractivity contribution >= 4 is 17.3 Å². The van der Waals surface area contributed by atoms with Crippen LogP contribution in [0.15, 0.2) is 18.2 Å². The van der Waals surface area contributed by atoms with Crippen molar-refractivity contribution in [1.29, 1.82) is 5.26 Å². The molecular weight excluding hydrogens is 212 g/mol. The first-order valence-corrected chi connectivity index (χ1v) is 5.09. The van der Waals surface area contributed by atoms with E-state index in [1.165, 1.54) is 0 Å². The minimum Gasteiger partial charge on any atom is -0.396 e. The van der Waals surface area contributed by atoms with E-state index in [0.717, 1.165) is 5.69 Å². The molecule has 1 aromatic carbocycles. The molecule has 0 aliphatic carbocycles. The molecule has 1 unspecified atom stereocenters. The van der Waals surface area contributed by atoms with Crippen LogP contribution < -0.4 is 5.32 Å². The first kappa shape index (κ1) is 11.8. The zero-order valence-corrected chi connectivity index (χ0v) is 9.25. The number of nitriles is 1. The Morgan fingerprint density at radius 1 is 1.60 bits per heavy atom. The molecule has 0 saturated carbocycles. The molecule has 1 rings (SSSR count). The van der Waals surface area contributed by atoms with Crippen molar-refractivity contribution in [2.45, 2.75) is 6.92 Å². The second-order valence-electron chi connectivity index (χ2n) is 3.48. The predicted molar refractivity (Wildman–Crippen MR) is 60.9 cm³/mol. The second-order valence-corrected chi connectivity index (χ2v) is 3.88. The van der Waals surface area contributed by atoms with Crippen molar-refractivity contribution in [2.24, 2.45) is 5.92 Å². The predicted octanol–water partition coefficient (Wildman–Crippen LogP) is 2.25. The average Bonchev–Trinajstić information content (AvgIpc) is 2.26. The molecule has 0 aliphatic rings. The second kappa shape index (κ2) is 5.59. The molecule has 0 fully saturated rings. The highest BCUT2D eigenvalue weighted by Gasteiger charge is 2.03. The van der Waals surface area contributed by atoms with Crippen LogP contribution in [0.1, 0.15) is 12.5 Å². The van der Waals surface area contributed by atoms with E-state index in [1.54, 1.807) is 18.2 Å². The number of hydrogen-bond acceptors (Lipinski definition) is 3. The lowest BCUT2D eigenvalue weighted by Gasteiger charge is -2.12. The van der Waals surface area contributed by atoms with Gasteiger partial charge in [-0.15, -0.1) is 0 Å². The van der Waals surface area contributed by atoms with Crippen LogP contribution in [0.2, 0.25) is 5.02 Å². The molecule has 0 amide bonds. The van der Waals surface area contributed by atoms with Gasteiger partial charge >= 0.3 is 0 Å². The Hall–Kier alpha value is -1.24. The zero-order chi connectivity index (χ0) is 11.3. The van der Waals surface area contributed by atoms with Crippen molar-refractivity contribution in [3.63, 3.8) is 0 Å². The summed E-state index contributed by atoms with van der Waals surface area (Å²) in [5.74, 6) is 0.178. The molecule has 0 bridgehead atoms. The van der Waals surface area contributed by atoms with Crippen LogP contribution in [0, 0.1) is 17.2 Å². The molecule has 15 heavy (non-hydrogen) atoms. The smallest absolute Gasteiger partial charge is 0.0992 e. The number of halogens is 1. The van der Waals surface area contributed by atoms with Crippen molar-refractivity contribution in [2.75, 3.05) is 18.5 Å². The number of nitrogens with one attached hydrogen (secondary N) is 1. The van der Waals surface area contributed by atoms with Crippen LogP contribution in [0.3, 0.4) is 0 Å². The summed E-state index contributed by atoms with van der Waals surface area (Å²) in [6.07, 6.45) is 0. The molecule has 0 aromatic heterocycles. The summed E-state index contributed by atoms with van der Waals surface area (Å²) in [5.41, 5.74) is 1.33. The van der Waals surface area contributed by atoms with Gasteiger partial charge in [-0.3, -0.25) is 0 Å². The Morgan fingerprint density at radius 2 is 2.33 bits per heavy atom. The fraction of sp³-hybridized carbons (Fsp3) is 0.364. The third kappa shape index (κ3) is 3.43. The fourth-order valence-corrected chi connectivity index (χ4v) is 1.32. The molecule has 0 heterocycles. The van der Waals surface area contributed by atoms with Crippen molar-refractivity contribution in [3.8, 4) is 6.07 Å². The molecule has 0 aliphatic heterocycles. The molecule has 0 saturated heterocycles. The van der Waals surface area contributed by atoms with Gasteiger partial charge in [-0.1, -0.05) is 18.5 Å². The Bertz CT molecular complexity index is 373. The van der Waals surface area contributed by atoms with Crippen LogP contribution in [0.25, 0.3) is 0 Å². The molecule has 4 heteroatoms. The minimum absolute atomic E-state index is 0.140. The van der Waals surface area contributed by atoms with Gasteiger partial charge in [0.2, 0.25) is 0 Å². The molecule has 80 valence electrons. The van der Waals surface area contributed by atoms with E-state index >= 15 is 0 Å². The molecule has 2 N–H and O–H groups in total. The van der Waals surface area contributed by atoms with Gasteiger partial charge in [-0.25, -0.2) is 0 Å². The summed E-state index contributed by atoms with van der Waals surface area (Å²) in [5, 5.41) is 21.1. The quantitative estimate of drug-likeness (QED) is 0.825. The number of aliphatic hydroxyl groups is 1. The highest BCUT2D eigenvalue weighted by Crippen LogP contribution is 2.22. The summed E-state index contributed by atoms with van der Waals surface area (Å²) in [7, 11) is 0. The highest BCUT2D eigenvalue weighted by molar-refractivity contribution is 6.33. The molecule has 1 aromatic rings. The molecule has 0 spiro atoms. The lowest BCUT2D eigenvalue weighted by Crippen LogP contribution is -2.14. The van der Waals surface area contributed by atoms with E-state index in [-0.39, 0.29) is 12.5 Å². The topological polar surface area (TPSA) is 56.0 Å². The van der Waals surface area contributed by atoms with Gasteiger partial charge in [-0.05, 0) is 24.1 Å². The van der Waals surface area contributed by atoms with Gasteiger partial charge in [0, 0.05) is 13.2 Å². The van der Waals surface area contributed by atoms with Crippen LogP contribution in [0.4, 0.5) is 5.69 Å². The normalized spacial score (nSPS) is 11.9. The van der Waals surface area contributed by atoms with Crippen LogP contribution in [-0.4, -0.2) is 18.3 Å². The summed E-state index contributed by atoms with van der Waals surface area (Å²) in [6, 6.07) is 7.11. The van der Waals surface area contributed by atoms with Gasteiger partial charge in [-0.2, -0.15) is 5.26 Å². The highest BCUT2D eigenvalue weighted by atomic mass is 35.5. The summed E-state index contributed by atoms with van der Waals surface area (Å²) < 4.78 is 0. The Morgan fingerprint density at radius 3 is 2.87 bits per heavy atom. The molecule has 1 atom stereocenters. The maximum absolute atomic E-state index is 8.85. The van der Waals surface area contributed by atoms with E-state index in [4.69, 9.17) is 22.0 Å². The van der Waals surface area contributed by atoms with Crippen molar-refractivity contribution in [3.05, 3.63) is 28.8 Å². The van der Waals surface area contributed by atoms with Gasteiger partial charge in [0.05, 0.1) is 22.3 Å². The standard InChI is InChI=1S/C11H13ClN2O/c1-8(7-15)6-14-11-3-2-9(5-13)4-10(11)12/h2-4,8,14-15H,6-7H2,1H3. The third-order valence-corrected chi connectivity index (χ3v) is 2.36. The Labute approximate surface area is 94.3 Å². The van der Waals surface area contributed by atoms with Gasteiger partial charge in [0.1, 0.15) is 0 Å². The fourth-order valence-electron chi connectivity index (χ4n) is 1.08. The van der Waals surface area contributed by atoms with Crippen molar-refractivity contribution in [1.82, 2.24) is 0 Å². The third-order valence-electron chi connectivity index (χ3n) is 2.05. The number of aliphatic hydroxyl groups excluding tert-OH is 1. The van der Waals surface area contributed by atoms with Gasteiger partial charge < -0.3 is 10.4 Å². The monoisotopic (exact) mass is 224 g/mol. The van der Waals surface area contributed by atoms with E-state index < -0.39 is 0 Å². The minimum atomic E-state index is 0.140. The van der Waals surface area contributed by atoms with Crippen LogP contribution in [-0.2, 0) is 0 Å². The number of hydrogen-bond donors (Lipinski definition) is 2. The first-order chi connectivity index (χ1) is 7.17. The Balaban J connectivity index is 2.67. The first-order valence-electron chi connectivity index (χ1n) is 4.71. The SMILES string of the molecule is CC(CO)CNc1ccc(C#N)cc1Cl. The summed E-state index contributed by atoms with van der Waals surface area (Å²) in [6.45, 7) is 2.73. The molecular formula is C11H13ClN2O. The largest absolute Gasteiger partial charge is 0.396 e. The maximum Gasteiger partial charge on any atom is 0.0992 e. The van der Waals surface area contributed by atoms with Crippen LogP contribution >= 0.6 is 11.6 Å². The van der Waals surface area contributed by atoms with Crippen LogP contribution in [0.5, 0.6) is 0 Å². The number of rotatable bonds is 4. The lowest BCUT2D eigenvalue weighted by molar-refractivity contribution is 0.244. The summed E-state index contributed by atoms with van der Waals surface area (Å²) in [4.78, 5) is 0. The van der Waals surface area contributed by atoms with E-state index in [2.05, 4.69) is 5.32 Å². The molecule has 3 nitrogen and oxygen atoms in total. The number of nitrogens with zero attached hydrogens (tertiary/aromatic N) is 1. The Kier molecular flexibility index (Phi) is 4.41. The van der Waals surface area contributed by atoms with E-state index in [0.29, 0.717) is 17.1 Å². The maximum atomic E-state index is 8.85. The van der Waals surface area contributed by atoms with Gasteiger partial charge in [0.25, 0.3) is 0 Å².